The zero-order valence-electron chi connectivity index (χ0n) is 18.2. The summed E-state index contributed by atoms with van der Waals surface area (Å²) in [5.41, 5.74) is 1.55. The lowest BCUT2D eigenvalue weighted by Gasteiger charge is -2.37. The predicted molar refractivity (Wildman–Crippen MR) is 112 cm³/mol. The van der Waals surface area contributed by atoms with E-state index in [1.807, 2.05) is 0 Å². The molecule has 3 saturated heterocycles. The molecule has 0 aromatic carbocycles. The van der Waals surface area contributed by atoms with Crippen molar-refractivity contribution < 1.29 is 24.2 Å². The lowest BCUT2D eigenvalue weighted by Crippen LogP contribution is -2.50. The first kappa shape index (κ1) is 21.0. The third kappa shape index (κ3) is 3.36. The fourth-order valence-electron chi connectivity index (χ4n) is 5.84. The summed E-state index contributed by atoms with van der Waals surface area (Å²) in [5, 5.41) is 24.0. The SMILES string of the molecule is COCc1cc(C(=O)Nc2cc(C3CC(C45CCC(CC4)N5C(=O)O)CO3)[nH]n2)n(C)n1. The minimum Gasteiger partial charge on any atom is -0.465 e. The minimum atomic E-state index is -0.816. The van der Waals surface area contributed by atoms with Crippen LogP contribution in [0.25, 0.3) is 0 Å². The largest absolute Gasteiger partial charge is 0.465 e. The van der Waals surface area contributed by atoms with Gasteiger partial charge in [-0.2, -0.15) is 10.2 Å². The fraction of sp³-hybridized carbons (Fsp3) is 0.619. The van der Waals surface area contributed by atoms with Gasteiger partial charge in [0.25, 0.3) is 5.91 Å². The maximum atomic E-state index is 12.6. The topological polar surface area (TPSA) is 135 Å². The lowest BCUT2D eigenvalue weighted by atomic mass is 9.76. The van der Waals surface area contributed by atoms with Crippen molar-refractivity contribution in [1.82, 2.24) is 24.9 Å². The second-order valence-corrected chi connectivity index (χ2v) is 8.98. The highest BCUT2D eigenvalue weighted by atomic mass is 16.5. The molecule has 5 rings (SSSR count). The predicted octanol–water partition coefficient (Wildman–Crippen LogP) is 2.29. The van der Waals surface area contributed by atoms with E-state index in [-0.39, 0.29) is 29.5 Å². The van der Waals surface area contributed by atoms with Crippen molar-refractivity contribution in [2.75, 3.05) is 19.0 Å². The van der Waals surface area contributed by atoms with Crippen molar-refractivity contribution in [3.63, 3.8) is 0 Å². The summed E-state index contributed by atoms with van der Waals surface area (Å²) in [4.78, 5) is 26.2. The number of aromatic amines is 1. The molecule has 0 radical (unpaired) electrons. The van der Waals surface area contributed by atoms with Gasteiger partial charge >= 0.3 is 6.09 Å². The molecule has 2 amide bonds. The average molecular weight is 444 g/mol. The third-order valence-corrected chi connectivity index (χ3v) is 7.27. The molecule has 32 heavy (non-hydrogen) atoms. The number of H-pyrrole nitrogens is 1. The van der Waals surface area contributed by atoms with E-state index in [2.05, 4.69) is 20.6 Å². The summed E-state index contributed by atoms with van der Waals surface area (Å²) < 4.78 is 12.6. The molecule has 11 nitrogen and oxygen atoms in total. The van der Waals surface area contributed by atoms with Crippen molar-refractivity contribution in [1.29, 1.82) is 0 Å². The molecule has 3 N–H and O–H groups in total. The zero-order chi connectivity index (χ0) is 22.5. The van der Waals surface area contributed by atoms with Gasteiger partial charge in [-0.15, -0.1) is 0 Å². The van der Waals surface area contributed by atoms with E-state index in [0.717, 1.165) is 37.8 Å². The molecule has 2 bridgehead atoms. The quantitative estimate of drug-likeness (QED) is 0.622. The van der Waals surface area contributed by atoms with Crippen LogP contribution in [0.15, 0.2) is 12.1 Å². The van der Waals surface area contributed by atoms with E-state index in [0.29, 0.717) is 30.4 Å². The van der Waals surface area contributed by atoms with Gasteiger partial charge in [-0.1, -0.05) is 0 Å². The number of hydrogen-bond acceptors (Lipinski definition) is 6. The van der Waals surface area contributed by atoms with Crippen LogP contribution in [0.4, 0.5) is 10.6 Å². The molecule has 0 spiro atoms. The molecule has 2 aromatic rings. The first-order valence-electron chi connectivity index (χ1n) is 10.9. The zero-order valence-corrected chi connectivity index (χ0v) is 18.2. The first-order valence-corrected chi connectivity index (χ1v) is 10.9. The van der Waals surface area contributed by atoms with Crippen LogP contribution in [-0.2, 0) is 23.1 Å². The number of carbonyl (C=O) groups excluding carboxylic acids is 1. The Labute approximate surface area is 185 Å². The van der Waals surface area contributed by atoms with Crippen LogP contribution in [0.5, 0.6) is 0 Å². The number of amides is 2. The molecule has 0 saturated carbocycles. The van der Waals surface area contributed by atoms with Gasteiger partial charge in [0.1, 0.15) is 5.69 Å². The van der Waals surface area contributed by atoms with E-state index in [1.165, 1.54) is 4.68 Å². The molecule has 3 aliphatic rings. The Kier molecular flexibility index (Phi) is 5.17. The molecule has 172 valence electrons. The normalized spacial score (nSPS) is 29.1. The Morgan fingerprint density at radius 1 is 1.38 bits per heavy atom. The maximum absolute atomic E-state index is 12.6. The maximum Gasteiger partial charge on any atom is 0.408 e. The average Bonchev–Trinajstić information content (AvgIpc) is 3.56. The Balaban J connectivity index is 1.25. The Bertz CT molecular complexity index is 1020. The molecule has 5 heterocycles. The molecular formula is C21H28N6O5. The molecule has 11 heteroatoms. The Hall–Kier alpha value is -2.92. The van der Waals surface area contributed by atoms with E-state index in [4.69, 9.17) is 9.47 Å². The Morgan fingerprint density at radius 3 is 2.88 bits per heavy atom. The van der Waals surface area contributed by atoms with Gasteiger partial charge < -0.3 is 19.9 Å². The number of hydrogen-bond donors (Lipinski definition) is 3. The van der Waals surface area contributed by atoms with Gasteiger partial charge in [0.2, 0.25) is 0 Å². The third-order valence-electron chi connectivity index (χ3n) is 7.27. The summed E-state index contributed by atoms with van der Waals surface area (Å²) in [6.07, 6.45) is 3.40. The summed E-state index contributed by atoms with van der Waals surface area (Å²) in [6, 6.07) is 3.61. The second kappa shape index (κ2) is 7.89. The van der Waals surface area contributed by atoms with Gasteiger partial charge in [0.15, 0.2) is 5.82 Å². The number of nitrogens with zero attached hydrogens (tertiary/aromatic N) is 4. The van der Waals surface area contributed by atoms with Crippen LogP contribution in [-0.4, -0.2) is 67.3 Å². The molecular weight excluding hydrogens is 416 g/mol. The number of carboxylic acid groups (broad SMARTS) is 1. The van der Waals surface area contributed by atoms with Gasteiger partial charge in [0.05, 0.1) is 36.2 Å². The van der Waals surface area contributed by atoms with Crippen molar-refractivity contribution in [2.45, 2.75) is 56.4 Å². The van der Waals surface area contributed by atoms with Gasteiger partial charge in [-0.3, -0.25) is 19.5 Å². The monoisotopic (exact) mass is 444 g/mol. The number of aryl methyl sites for hydroxylation is 1. The molecule has 2 atom stereocenters. The van der Waals surface area contributed by atoms with Gasteiger partial charge in [0, 0.05) is 32.2 Å². The lowest BCUT2D eigenvalue weighted by molar-refractivity contribution is 0.0609. The number of fused-ring (bicyclic) bond motifs is 2. The van der Waals surface area contributed by atoms with Gasteiger partial charge in [-0.05, 0) is 38.2 Å². The summed E-state index contributed by atoms with van der Waals surface area (Å²) in [5.74, 6) is 0.245. The molecule has 3 aliphatic heterocycles. The molecule has 2 unspecified atom stereocenters. The molecule has 2 aromatic heterocycles. The first-order chi connectivity index (χ1) is 15.4. The summed E-state index contributed by atoms with van der Waals surface area (Å²) >= 11 is 0. The number of aromatic nitrogens is 4. The van der Waals surface area contributed by atoms with E-state index < -0.39 is 6.09 Å². The van der Waals surface area contributed by atoms with Crippen LogP contribution >= 0.6 is 0 Å². The number of nitrogens with one attached hydrogen (secondary N) is 2. The summed E-state index contributed by atoms with van der Waals surface area (Å²) in [6.45, 7) is 0.856. The number of ether oxygens (including phenoxy) is 2. The van der Waals surface area contributed by atoms with Crippen LogP contribution < -0.4 is 5.32 Å². The van der Waals surface area contributed by atoms with Crippen molar-refractivity contribution in [2.24, 2.45) is 13.0 Å². The molecule has 3 fully saturated rings. The Morgan fingerprint density at radius 2 is 2.16 bits per heavy atom. The van der Waals surface area contributed by atoms with Crippen molar-refractivity contribution in [3.05, 3.63) is 29.2 Å². The standard InChI is InChI=1S/C21H28N6O5/c1-26-16(8-13(25-26)11-31-2)19(28)22-18-9-15(23-24-18)17-7-12(10-32-17)21-5-3-14(4-6-21)27(21)20(29)30/h8-9,12,14,17H,3-7,10-11H2,1-2H3,(H,29,30)(H2,22,23,24,28). The van der Waals surface area contributed by atoms with Crippen LogP contribution in [0.1, 0.15) is 60.1 Å². The minimum absolute atomic E-state index is 0.150. The highest BCUT2D eigenvalue weighted by Gasteiger charge is 2.59. The van der Waals surface area contributed by atoms with Crippen LogP contribution in [0, 0.1) is 5.92 Å². The number of rotatable bonds is 6. The van der Waals surface area contributed by atoms with E-state index in [9.17, 15) is 14.7 Å². The number of methoxy groups -OCH3 is 1. The smallest absolute Gasteiger partial charge is 0.408 e. The second-order valence-electron chi connectivity index (χ2n) is 8.98. The van der Waals surface area contributed by atoms with Crippen LogP contribution in [0.3, 0.4) is 0 Å². The number of anilines is 1. The highest BCUT2D eigenvalue weighted by Crippen LogP contribution is 2.54. The fourth-order valence-corrected chi connectivity index (χ4v) is 5.84. The highest BCUT2D eigenvalue weighted by molar-refractivity contribution is 6.02. The van der Waals surface area contributed by atoms with E-state index in [1.54, 1.807) is 31.2 Å². The van der Waals surface area contributed by atoms with E-state index >= 15 is 0 Å². The number of carbonyl (C=O) groups is 2. The van der Waals surface area contributed by atoms with Crippen LogP contribution in [0.2, 0.25) is 0 Å². The summed E-state index contributed by atoms with van der Waals surface area (Å²) in [7, 11) is 3.28. The van der Waals surface area contributed by atoms with Gasteiger partial charge in [-0.25, -0.2) is 4.79 Å². The van der Waals surface area contributed by atoms with Crippen molar-refractivity contribution >= 4 is 17.8 Å². The van der Waals surface area contributed by atoms with Crippen molar-refractivity contribution in [3.8, 4) is 0 Å². The molecule has 0 aliphatic carbocycles.